The molecular formula is C15H19F2N3O. The van der Waals surface area contributed by atoms with Gasteiger partial charge in [-0.15, -0.1) is 0 Å². The standard InChI is InChI=1S/C15H19F2N3O/c1-9(14(21)20-15(2,3)4)19-8-11-12(16)5-10(7-18)6-13(11)17/h5-6,9,19H,8H2,1-4H3,(H,20,21). The summed E-state index contributed by atoms with van der Waals surface area (Å²) in [6.07, 6.45) is 0. The zero-order valence-corrected chi connectivity index (χ0v) is 12.6. The van der Waals surface area contributed by atoms with E-state index in [0.717, 1.165) is 12.1 Å². The molecule has 0 aliphatic rings. The molecule has 1 atom stereocenters. The summed E-state index contributed by atoms with van der Waals surface area (Å²) in [6, 6.07) is 3.03. The Morgan fingerprint density at radius 1 is 1.33 bits per heavy atom. The largest absolute Gasteiger partial charge is 0.350 e. The number of halogens is 2. The van der Waals surface area contributed by atoms with Gasteiger partial charge in [-0.3, -0.25) is 4.79 Å². The summed E-state index contributed by atoms with van der Waals surface area (Å²) in [4.78, 5) is 11.8. The van der Waals surface area contributed by atoms with Crippen LogP contribution in [0.4, 0.5) is 8.78 Å². The highest BCUT2D eigenvalue weighted by molar-refractivity contribution is 5.81. The van der Waals surface area contributed by atoms with Crippen molar-refractivity contribution in [2.24, 2.45) is 0 Å². The first kappa shape index (κ1) is 17.1. The second-order valence-electron chi connectivity index (χ2n) is 5.87. The molecule has 0 aliphatic carbocycles. The van der Waals surface area contributed by atoms with E-state index >= 15 is 0 Å². The fourth-order valence-electron chi connectivity index (χ4n) is 1.66. The highest BCUT2D eigenvalue weighted by atomic mass is 19.1. The molecular weight excluding hydrogens is 276 g/mol. The predicted molar refractivity (Wildman–Crippen MR) is 75.3 cm³/mol. The summed E-state index contributed by atoms with van der Waals surface area (Å²) >= 11 is 0. The van der Waals surface area contributed by atoms with Crippen molar-refractivity contribution in [3.8, 4) is 6.07 Å². The number of rotatable bonds is 4. The van der Waals surface area contributed by atoms with Gasteiger partial charge in [0.1, 0.15) is 11.6 Å². The smallest absolute Gasteiger partial charge is 0.237 e. The maximum absolute atomic E-state index is 13.7. The van der Waals surface area contributed by atoms with Gasteiger partial charge in [0.25, 0.3) is 0 Å². The lowest BCUT2D eigenvalue weighted by Crippen LogP contribution is -2.49. The highest BCUT2D eigenvalue weighted by Crippen LogP contribution is 2.15. The molecule has 1 amide bonds. The minimum absolute atomic E-state index is 0.0766. The zero-order valence-electron chi connectivity index (χ0n) is 12.6. The zero-order chi connectivity index (χ0) is 16.2. The quantitative estimate of drug-likeness (QED) is 0.895. The molecule has 1 aromatic carbocycles. The molecule has 0 fully saturated rings. The first-order valence-electron chi connectivity index (χ1n) is 6.57. The number of benzene rings is 1. The third-order valence-corrected chi connectivity index (χ3v) is 2.75. The van der Waals surface area contributed by atoms with Crippen molar-refractivity contribution < 1.29 is 13.6 Å². The molecule has 0 spiro atoms. The minimum Gasteiger partial charge on any atom is -0.350 e. The lowest BCUT2D eigenvalue weighted by Gasteiger charge is -2.23. The van der Waals surface area contributed by atoms with Crippen molar-refractivity contribution in [1.82, 2.24) is 10.6 Å². The summed E-state index contributed by atoms with van der Waals surface area (Å²) < 4.78 is 27.4. The van der Waals surface area contributed by atoms with Crippen molar-refractivity contribution in [3.63, 3.8) is 0 Å². The Labute approximate surface area is 123 Å². The Morgan fingerprint density at radius 2 is 1.86 bits per heavy atom. The Bertz CT molecular complexity index is 550. The first-order valence-corrected chi connectivity index (χ1v) is 6.57. The molecule has 0 aromatic heterocycles. The van der Waals surface area contributed by atoms with Crippen molar-refractivity contribution in [2.75, 3.05) is 0 Å². The van der Waals surface area contributed by atoms with E-state index in [9.17, 15) is 13.6 Å². The maximum atomic E-state index is 13.7. The summed E-state index contributed by atoms with van der Waals surface area (Å²) in [6.45, 7) is 7.01. The molecule has 0 bridgehead atoms. The van der Waals surface area contributed by atoms with Crippen molar-refractivity contribution in [1.29, 1.82) is 5.26 Å². The van der Waals surface area contributed by atoms with E-state index < -0.39 is 17.7 Å². The van der Waals surface area contributed by atoms with Crippen LogP contribution in [0.2, 0.25) is 0 Å². The number of nitrogens with one attached hydrogen (secondary N) is 2. The van der Waals surface area contributed by atoms with Crippen LogP contribution in [-0.4, -0.2) is 17.5 Å². The van der Waals surface area contributed by atoms with Gasteiger partial charge >= 0.3 is 0 Å². The Balaban J connectivity index is 2.72. The molecule has 0 radical (unpaired) electrons. The third-order valence-electron chi connectivity index (χ3n) is 2.75. The van der Waals surface area contributed by atoms with E-state index in [1.54, 1.807) is 13.0 Å². The van der Waals surface area contributed by atoms with Gasteiger partial charge < -0.3 is 10.6 Å². The lowest BCUT2D eigenvalue weighted by atomic mass is 10.1. The lowest BCUT2D eigenvalue weighted by molar-refractivity contribution is -0.124. The third kappa shape index (κ3) is 5.12. The molecule has 0 saturated carbocycles. The van der Waals surface area contributed by atoms with Crippen molar-refractivity contribution >= 4 is 5.91 Å². The topological polar surface area (TPSA) is 64.9 Å². The average Bonchev–Trinajstić information content (AvgIpc) is 2.35. The van der Waals surface area contributed by atoms with Gasteiger partial charge in [-0.05, 0) is 39.8 Å². The van der Waals surface area contributed by atoms with E-state index in [0.29, 0.717) is 0 Å². The van der Waals surface area contributed by atoms with Crippen LogP contribution in [0.1, 0.15) is 38.8 Å². The second-order valence-corrected chi connectivity index (χ2v) is 5.87. The summed E-state index contributed by atoms with van der Waals surface area (Å²) in [5, 5.41) is 14.2. The van der Waals surface area contributed by atoms with Crippen molar-refractivity contribution in [2.45, 2.75) is 45.8 Å². The Hall–Kier alpha value is -2.00. The van der Waals surface area contributed by atoms with Crippen LogP contribution >= 0.6 is 0 Å². The second kappa shape index (κ2) is 6.64. The number of nitriles is 1. The first-order chi connectivity index (χ1) is 9.64. The average molecular weight is 295 g/mol. The summed E-state index contributed by atoms with van der Waals surface area (Å²) in [5.74, 6) is -1.86. The van der Waals surface area contributed by atoms with E-state index in [-0.39, 0.29) is 29.1 Å². The van der Waals surface area contributed by atoms with Gasteiger partial charge in [-0.2, -0.15) is 5.26 Å². The molecule has 1 aromatic rings. The van der Waals surface area contributed by atoms with Gasteiger partial charge in [0.2, 0.25) is 5.91 Å². The number of hydrogen-bond donors (Lipinski definition) is 2. The molecule has 2 N–H and O–H groups in total. The molecule has 21 heavy (non-hydrogen) atoms. The number of amides is 1. The van der Waals surface area contributed by atoms with Gasteiger partial charge in [0.15, 0.2) is 0 Å². The molecule has 1 unspecified atom stereocenters. The fourth-order valence-corrected chi connectivity index (χ4v) is 1.66. The van der Waals surface area contributed by atoms with Crippen LogP contribution in [0.25, 0.3) is 0 Å². The molecule has 6 heteroatoms. The van der Waals surface area contributed by atoms with Crippen LogP contribution in [0, 0.1) is 23.0 Å². The van der Waals surface area contributed by atoms with Gasteiger partial charge in [-0.1, -0.05) is 0 Å². The van der Waals surface area contributed by atoms with Crippen molar-refractivity contribution in [3.05, 3.63) is 34.9 Å². The number of nitrogens with zero attached hydrogens (tertiary/aromatic N) is 1. The number of carbonyl (C=O) groups is 1. The Kier molecular flexibility index (Phi) is 5.39. The molecule has 0 heterocycles. The van der Waals surface area contributed by atoms with Gasteiger partial charge in [-0.25, -0.2) is 8.78 Å². The normalized spacial score (nSPS) is 12.6. The van der Waals surface area contributed by atoms with E-state index in [1.807, 2.05) is 20.8 Å². The van der Waals surface area contributed by atoms with Crippen LogP contribution in [0.5, 0.6) is 0 Å². The molecule has 0 aliphatic heterocycles. The SMILES string of the molecule is CC(NCc1c(F)cc(C#N)cc1F)C(=O)NC(C)(C)C. The van der Waals surface area contributed by atoms with Crippen LogP contribution in [0.15, 0.2) is 12.1 Å². The van der Waals surface area contributed by atoms with Crippen LogP contribution in [0.3, 0.4) is 0 Å². The molecule has 1 rings (SSSR count). The number of carbonyl (C=O) groups excluding carboxylic acids is 1. The van der Waals surface area contributed by atoms with E-state index in [1.165, 1.54) is 0 Å². The molecule has 0 saturated heterocycles. The summed E-state index contributed by atoms with van der Waals surface area (Å²) in [7, 11) is 0. The highest BCUT2D eigenvalue weighted by Gasteiger charge is 2.20. The van der Waals surface area contributed by atoms with Crippen LogP contribution in [-0.2, 0) is 11.3 Å². The fraction of sp³-hybridized carbons (Fsp3) is 0.467. The molecule has 4 nitrogen and oxygen atoms in total. The Morgan fingerprint density at radius 3 is 2.29 bits per heavy atom. The van der Waals surface area contributed by atoms with Crippen LogP contribution < -0.4 is 10.6 Å². The minimum atomic E-state index is -0.803. The molecule has 114 valence electrons. The van der Waals surface area contributed by atoms with E-state index in [2.05, 4.69) is 10.6 Å². The maximum Gasteiger partial charge on any atom is 0.237 e. The van der Waals surface area contributed by atoms with Gasteiger partial charge in [0, 0.05) is 17.6 Å². The van der Waals surface area contributed by atoms with Gasteiger partial charge in [0.05, 0.1) is 17.7 Å². The monoisotopic (exact) mass is 295 g/mol. The van der Waals surface area contributed by atoms with E-state index in [4.69, 9.17) is 5.26 Å². The predicted octanol–water partition coefficient (Wildman–Crippen LogP) is 2.23. The number of hydrogen-bond acceptors (Lipinski definition) is 3. The summed E-state index contributed by atoms with van der Waals surface area (Å²) in [5.41, 5.74) is -0.644.